The molecular weight excluding hydrogens is 432 g/mol. The van der Waals surface area contributed by atoms with Gasteiger partial charge in [-0.25, -0.2) is 9.97 Å². The van der Waals surface area contributed by atoms with Crippen LogP contribution >= 0.6 is 22.7 Å². The number of thiazole rings is 2. The lowest BCUT2D eigenvalue weighted by molar-refractivity contribution is 0.0631. The Hall–Kier alpha value is -2.49. The number of benzene rings is 1. The largest absolute Gasteiger partial charge is 0.493 e. The van der Waals surface area contributed by atoms with Crippen molar-refractivity contribution >= 4 is 28.6 Å². The van der Waals surface area contributed by atoms with Gasteiger partial charge in [0, 0.05) is 43.7 Å². The molecule has 0 unspecified atom stereocenters. The number of ether oxygens (including phenoxy) is 2. The van der Waals surface area contributed by atoms with Crippen molar-refractivity contribution in [3.63, 3.8) is 0 Å². The van der Waals surface area contributed by atoms with Crippen molar-refractivity contribution in [3.8, 4) is 22.1 Å². The van der Waals surface area contributed by atoms with E-state index in [-0.39, 0.29) is 5.91 Å². The summed E-state index contributed by atoms with van der Waals surface area (Å²) in [6.07, 6.45) is 0. The number of carbonyl (C=O) groups is 1. The van der Waals surface area contributed by atoms with E-state index >= 15 is 0 Å². The van der Waals surface area contributed by atoms with Crippen LogP contribution in [-0.4, -0.2) is 66.1 Å². The predicted molar refractivity (Wildman–Crippen MR) is 123 cm³/mol. The third-order valence-corrected chi connectivity index (χ3v) is 7.35. The first kappa shape index (κ1) is 21.7. The Morgan fingerprint density at radius 1 is 1.06 bits per heavy atom. The quantitative estimate of drug-likeness (QED) is 0.559. The maximum atomic E-state index is 13.2. The smallest absolute Gasteiger partial charge is 0.265 e. The van der Waals surface area contributed by atoms with Gasteiger partial charge >= 0.3 is 0 Å². The summed E-state index contributed by atoms with van der Waals surface area (Å²) < 4.78 is 10.7. The Kier molecular flexibility index (Phi) is 6.54. The summed E-state index contributed by atoms with van der Waals surface area (Å²) in [5.74, 6) is 1.37. The van der Waals surface area contributed by atoms with Gasteiger partial charge in [0.25, 0.3) is 5.91 Å². The molecule has 9 heteroatoms. The summed E-state index contributed by atoms with van der Waals surface area (Å²) >= 11 is 3.11. The Balaban J connectivity index is 1.43. The Labute approximate surface area is 190 Å². The van der Waals surface area contributed by atoms with Gasteiger partial charge in [-0.2, -0.15) is 0 Å². The second-order valence-electron chi connectivity index (χ2n) is 7.43. The first-order chi connectivity index (χ1) is 15.0. The minimum Gasteiger partial charge on any atom is -0.493 e. The zero-order valence-corrected chi connectivity index (χ0v) is 19.8. The van der Waals surface area contributed by atoms with Crippen LogP contribution in [0.25, 0.3) is 10.6 Å². The van der Waals surface area contributed by atoms with Gasteiger partial charge in [-0.3, -0.25) is 9.69 Å². The molecule has 1 amide bonds. The maximum Gasteiger partial charge on any atom is 0.265 e. The molecule has 1 aliphatic rings. The molecule has 0 bridgehead atoms. The predicted octanol–water partition coefficient (Wildman–Crippen LogP) is 3.86. The first-order valence-electron chi connectivity index (χ1n) is 10.1. The van der Waals surface area contributed by atoms with Crippen LogP contribution in [0.4, 0.5) is 0 Å². The van der Waals surface area contributed by atoms with E-state index in [1.54, 1.807) is 25.6 Å². The van der Waals surface area contributed by atoms with E-state index in [4.69, 9.17) is 9.47 Å². The van der Waals surface area contributed by atoms with Crippen molar-refractivity contribution in [2.45, 2.75) is 20.4 Å². The summed E-state index contributed by atoms with van der Waals surface area (Å²) in [5.41, 5.74) is 2.79. The van der Waals surface area contributed by atoms with E-state index in [2.05, 4.69) is 20.2 Å². The lowest BCUT2D eigenvalue weighted by Gasteiger charge is -2.34. The van der Waals surface area contributed by atoms with Gasteiger partial charge in [0.05, 0.1) is 30.6 Å². The van der Waals surface area contributed by atoms with Gasteiger partial charge in [0.2, 0.25) is 0 Å². The summed E-state index contributed by atoms with van der Waals surface area (Å²) in [5, 5.41) is 4.01. The van der Waals surface area contributed by atoms with Crippen LogP contribution in [0.5, 0.6) is 11.5 Å². The van der Waals surface area contributed by atoms with E-state index in [1.165, 1.54) is 11.3 Å². The van der Waals surface area contributed by atoms with Gasteiger partial charge in [0.1, 0.15) is 9.88 Å². The molecule has 4 rings (SSSR count). The fourth-order valence-electron chi connectivity index (χ4n) is 3.65. The minimum atomic E-state index is 0.0610. The highest BCUT2D eigenvalue weighted by molar-refractivity contribution is 7.17. The van der Waals surface area contributed by atoms with E-state index in [1.807, 2.05) is 36.9 Å². The molecule has 1 aliphatic heterocycles. The van der Waals surface area contributed by atoms with Crippen molar-refractivity contribution in [2.24, 2.45) is 0 Å². The molecule has 0 saturated carbocycles. The molecule has 0 radical (unpaired) electrons. The van der Waals surface area contributed by atoms with Crippen LogP contribution in [-0.2, 0) is 6.54 Å². The highest BCUT2D eigenvalue weighted by Crippen LogP contribution is 2.35. The lowest BCUT2D eigenvalue weighted by Crippen LogP contribution is -2.48. The molecule has 0 aliphatic carbocycles. The standard InChI is InChI=1S/C22H26N4O3S2/c1-14-20(31-21(23-14)16-5-6-18(28-3)19(11-16)29-4)22(27)26-9-7-25(8-10-26)12-17-13-30-15(2)24-17/h5-6,11,13H,7-10,12H2,1-4H3. The third-order valence-electron chi connectivity index (χ3n) is 5.33. The first-order valence-corrected chi connectivity index (χ1v) is 11.8. The molecule has 7 nitrogen and oxygen atoms in total. The van der Waals surface area contributed by atoms with Crippen molar-refractivity contribution < 1.29 is 14.3 Å². The number of hydrogen-bond donors (Lipinski definition) is 0. The van der Waals surface area contributed by atoms with Crippen molar-refractivity contribution in [2.75, 3.05) is 40.4 Å². The van der Waals surface area contributed by atoms with Gasteiger partial charge in [-0.1, -0.05) is 0 Å². The van der Waals surface area contributed by atoms with Crippen LogP contribution in [0, 0.1) is 13.8 Å². The molecule has 2 aromatic heterocycles. The van der Waals surface area contributed by atoms with Crippen molar-refractivity contribution in [3.05, 3.63) is 44.9 Å². The zero-order valence-electron chi connectivity index (χ0n) is 18.2. The fourth-order valence-corrected chi connectivity index (χ4v) is 5.28. The third kappa shape index (κ3) is 4.73. The summed E-state index contributed by atoms with van der Waals surface area (Å²) in [4.78, 5) is 27.4. The molecule has 1 aromatic carbocycles. The SMILES string of the molecule is COc1ccc(-c2nc(C)c(C(=O)N3CCN(Cc4csc(C)n4)CC3)s2)cc1OC. The minimum absolute atomic E-state index is 0.0610. The zero-order chi connectivity index (χ0) is 22.0. The maximum absolute atomic E-state index is 13.2. The molecule has 1 fully saturated rings. The number of aromatic nitrogens is 2. The average molecular weight is 459 g/mol. The van der Waals surface area contributed by atoms with E-state index in [0.29, 0.717) is 29.5 Å². The van der Waals surface area contributed by atoms with Gasteiger partial charge in [-0.15, -0.1) is 22.7 Å². The second-order valence-corrected chi connectivity index (χ2v) is 9.49. The van der Waals surface area contributed by atoms with Crippen LogP contribution in [0.3, 0.4) is 0 Å². The molecule has 0 atom stereocenters. The highest BCUT2D eigenvalue weighted by Gasteiger charge is 2.26. The summed E-state index contributed by atoms with van der Waals surface area (Å²) in [6, 6.07) is 5.69. The Bertz CT molecular complexity index is 1070. The number of methoxy groups -OCH3 is 2. The van der Waals surface area contributed by atoms with Crippen LogP contribution in [0.2, 0.25) is 0 Å². The number of piperazine rings is 1. The lowest BCUT2D eigenvalue weighted by atomic mass is 10.2. The Morgan fingerprint density at radius 2 is 1.81 bits per heavy atom. The van der Waals surface area contributed by atoms with E-state index < -0.39 is 0 Å². The molecule has 0 N–H and O–H groups in total. The molecule has 31 heavy (non-hydrogen) atoms. The van der Waals surface area contributed by atoms with E-state index in [9.17, 15) is 4.79 Å². The molecular formula is C22H26N4O3S2. The van der Waals surface area contributed by atoms with Gasteiger partial charge in [-0.05, 0) is 32.0 Å². The number of hydrogen-bond acceptors (Lipinski definition) is 8. The normalized spacial score (nSPS) is 14.6. The number of carbonyl (C=O) groups excluding carboxylic acids is 1. The molecule has 1 saturated heterocycles. The highest BCUT2D eigenvalue weighted by atomic mass is 32.1. The van der Waals surface area contributed by atoms with Crippen LogP contribution in [0.1, 0.15) is 26.1 Å². The summed E-state index contributed by atoms with van der Waals surface area (Å²) in [7, 11) is 3.22. The topological polar surface area (TPSA) is 67.8 Å². The average Bonchev–Trinajstić information content (AvgIpc) is 3.38. The van der Waals surface area contributed by atoms with Gasteiger partial charge < -0.3 is 14.4 Å². The number of nitrogens with zero attached hydrogens (tertiary/aromatic N) is 4. The number of amides is 1. The van der Waals surface area contributed by atoms with E-state index in [0.717, 1.165) is 46.6 Å². The van der Waals surface area contributed by atoms with Gasteiger partial charge in [0.15, 0.2) is 11.5 Å². The molecule has 3 heterocycles. The Morgan fingerprint density at radius 3 is 2.45 bits per heavy atom. The van der Waals surface area contributed by atoms with Crippen LogP contribution in [0.15, 0.2) is 23.6 Å². The molecule has 0 spiro atoms. The monoisotopic (exact) mass is 458 g/mol. The van der Waals surface area contributed by atoms with Crippen LogP contribution < -0.4 is 9.47 Å². The second kappa shape index (κ2) is 9.33. The summed E-state index contributed by atoms with van der Waals surface area (Å²) in [6.45, 7) is 7.89. The number of rotatable bonds is 6. The molecule has 164 valence electrons. The molecule has 3 aromatic rings. The van der Waals surface area contributed by atoms with Crippen molar-refractivity contribution in [1.82, 2.24) is 19.8 Å². The number of aryl methyl sites for hydroxylation is 2. The fraction of sp³-hybridized carbons (Fsp3) is 0.409. The van der Waals surface area contributed by atoms with Crippen molar-refractivity contribution in [1.29, 1.82) is 0 Å².